The minimum absolute atomic E-state index is 0.0614. The Morgan fingerprint density at radius 3 is 2.36 bits per heavy atom. The molecule has 2 nitrogen and oxygen atoms in total. The van der Waals surface area contributed by atoms with Gasteiger partial charge in [-0.1, -0.05) is 51.6 Å². The molecule has 22 heavy (non-hydrogen) atoms. The van der Waals surface area contributed by atoms with Gasteiger partial charge in [-0.25, -0.2) is 0 Å². The van der Waals surface area contributed by atoms with Crippen LogP contribution in [0.5, 0.6) is 0 Å². The number of rotatable bonds is 1. The van der Waals surface area contributed by atoms with Crippen LogP contribution in [0.3, 0.4) is 0 Å². The van der Waals surface area contributed by atoms with Gasteiger partial charge < -0.3 is 4.74 Å². The Morgan fingerprint density at radius 1 is 1.18 bits per heavy atom. The van der Waals surface area contributed by atoms with Crippen molar-refractivity contribution in [2.45, 2.75) is 65.3 Å². The lowest BCUT2D eigenvalue weighted by atomic mass is 9.54. The molecule has 0 aromatic rings. The van der Waals surface area contributed by atoms with Crippen molar-refractivity contribution in [3.63, 3.8) is 0 Å². The zero-order valence-corrected chi connectivity index (χ0v) is 16.2. The van der Waals surface area contributed by atoms with Gasteiger partial charge in [0.1, 0.15) is 13.5 Å². The number of methoxy groups -OCH3 is 1. The first-order chi connectivity index (χ1) is 9.91. The predicted molar refractivity (Wildman–Crippen MR) is 94.2 cm³/mol. The Morgan fingerprint density at radius 2 is 1.82 bits per heavy atom. The lowest BCUT2D eigenvalue weighted by Gasteiger charge is -2.49. The molecular weight excluding hydrogens is 288 g/mol. The van der Waals surface area contributed by atoms with Gasteiger partial charge in [-0.2, -0.15) is 0 Å². The predicted octanol–water partition coefficient (Wildman–Crippen LogP) is 4.22. The van der Waals surface area contributed by atoms with Gasteiger partial charge in [-0.05, 0) is 31.1 Å². The second-order valence-corrected chi connectivity index (χ2v) is 13.8. The van der Waals surface area contributed by atoms with Crippen LogP contribution in [0, 0.1) is 28.2 Å². The average molecular weight is 319 g/mol. The van der Waals surface area contributed by atoms with Gasteiger partial charge in [0.15, 0.2) is 5.78 Å². The molecule has 0 N–H and O–H groups in total. The molecular formula is C19H30O2Si. The van der Waals surface area contributed by atoms with Crippen molar-refractivity contribution in [2.75, 3.05) is 7.11 Å². The summed E-state index contributed by atoms with van der Waals surface area (Å²) in [5, 5.41) is 0. The lowest BCUT2D eigenvalue weighted by molar-refractivity contribution is -0.135. The summed E-state index contributed by atoms with van der Waals surface area (Å²) in [5.41, 5.74) is 2.67. The van der Waals surface area contributed by atoms with E-state index in [4.69, 9.17) is 4.74 Å². The van der Waals surface area contributed by atoms with E-state index >= 15 is 0 Å². The van der Waals surface area contributed by atoms with Gasteiger partial charge in [0.05, 0.1) is 5.60 Å². The SMILES string of the molecule is CO[C@]1(C)C=CC2(C#C[Si](C)(C)C)C(=O)CC(C)(C)CC2C1. The number of hydrogen-bond donors (Lipinski definition) is 0. The fourth-order valence-corrected chi connectivity index (χ4v) is 4.27. The monoisotopic (exact) mass is 318 g/mol. The molecule has 0 amide bonds. The molecule has 1 fully saturated rings. The Kier molecular flexibility index (Phi) is 4.26. The number of Topliss-reactive ketones (excluding diaryl/α,β-unsaturated/α-hetero) is 1. The van der Waals surface area contributed by atoms with Crippen LogP contribution in [-0.2, 0) is 9.53 Å². The maximum absolute atomic E-state index is 13.0. The summed E-state index contributed by atoms with van der Waals surface area (Å²) in [6.45, 7) is 13.2. The van der Waals surface area contributed by atoms with Crippen molar-refractivity contribution in [3.8, 4) is 11.5 Å². The highest BCUT2D eigenvalue weighted by Crippen LogP contribution is 2.53. The fourth-order valence-electron chi connectivity index (χ4n) is 3.69. The summed E-state index contributed by atoms with van der Waals surface area (Å²) in [6.07, 6.45) is 6.66. The number of hydrogen-bond acceptors (Lipinski definition) is 2. The number of carbonyl (C=O) groups is 1. The van der Waals surface area contributed by atoms with Gasteiger partial charge >= 0.3 is 0 Å². The summed E-state index contributed by atoms with van der Waals surface area (Å²) in [5.74, 6) is 4.00. The van der Waals surface area contributed by atoms with Crippen molar-refractivity contribution in [3.05, 3.63) is 12.2 Å². The maximum Gasteiger partial charge on any atom is 0.155 e. The molecule has 0 saturated heterocycles. The van der Waals surface area contributed by atoms with Crippen LogP contribution in [0.25, 0.3) is 0 Å². The van der Waals surface area contributed by atoms with Gasteiger partial charge in [0, 0.05) is 13.5 Å². The molecule has 0 aliphatic heterocycles. The molecule has 2 aliphatic carbocycles. The Balaban J connectivity index is 2.52. The van der Waals surface area contributed by atoms with Gasteiger partial charge in [-0.3, -0.25) is 4.79 Å². The third-order valence-electron chi connectivity index (χ3n) is 5.00. The Labute approximate surface area is 136 Å². The smallest absolute Gasteiger partial charge is 0.155 e. The number of allylic oxidation sites excluding steroid dienone is 1. The van der Waals surface area contributed by atoms with Crippen molar-refractivity contribution in [1.82, 2.24) is 0 Å². The quantitative estimate of drug-likeness (QED) is 0.411. The number of carbonyl (C=O) groups excluding carboxylic acids is 1. The Hall–Kier alpha value is -0.853. The van der Waals surface area contributed by atoms with Crippen LogP contribution in [-0.4, -0.2) is 26.6 Å². The molecule has 122 valence electrons. The highest BCUT2D eigenvalue weighted by atomic mass is 28.3. The van der Waals surface area contributed by atoms with Gasteiger partial charge in [0.2, 0.25) is 0 Å². The summed E-state index contributed by atoms with van der Waals surface area (Å²) in [4.78, 5) is 13.0. The normalized spacial score (nSPS) is 37.2. The summed E-state index contributed by atoms with van der Waals surface area (Å²) < 4.78 is 5.68. The zero-order chi connectivity index (χ0) is 16.8. The largest absolute Gasteiger partial charge is 0.374 e. The molecule has 0 bridgehead atoms. The zero-order valence-electron chi connectivity index (χ0n) is 15.2. The van der Waals surface area contributed by atoms with E-state index in [1.54, 1.807) is 7.11 Å². The van der Waals surface area contributed by atoms with Crippen LogP contribution in [0.4, 0.5) is 0 Å². The summed E-state index contributed by atoms with van der Waals surface area (Å²) >= 11 is 0. The molecule has 2 rings (SSSR count). The first-order valence-corrected chi connectivity index (χ1v) is 11.7. The van der Waals surface area contributed by atoms with E-state index in [0.29, 0.717) is 12.2 Å². The third kappa shape index (κ3) is 3.39. The van der Waals surface area contributed by atoms with E-state index in [9.17, 15) is 4.79 Å². The molecule has 2 aliphatic rings. The maximum atomic E-state index is 13.0. The molecule has 3 heteroatoms. The van der Waals surface area contributed by atoms with Crippen LogP contribution < -0.4 is 0 Å². The minimum atomic E-state index is -1.51. The van der Waals surface area contributed by atoms with Crippen LogP contribution >= 0.6 is 0 Å². The van der Waals surface area contributed by atoms with Crippen LogP contribution in [0.2, 0.25) is 19.6 Å². The highest BCUT2D eigenvalue weighted by Gasteiger charge is 2.53. The second-order valence-electron chi connectivity index (χ2n) is 9.09. The Bertz CT molecular complexity index is 558. The van der Waals surface area contributed by atoms with E-state index in [-0.39, 0.29) is 16.9 Å². The van der Waals surface area contributed by atoms with E-state index < -0.39 is 13.5 Å². The standard InChI is InChI=1S/C19H30O2Si/c1-17(2)12-15-13-18(3,21-4)8-9-19(15,16(20)14-17)10-11-22(5,6)7/h8-9,15H,12-14H2,1-7H3/t15?,18-,19?/m1/s1. The summed E-state index contributed by atoms with van der Waals surface area (Å²) in [6, 6.07) is 0. The van der Waals surface area contributed by atoms with E-state index in [2.05, 4.69) is 64.0 Å². The van der Waals surface area contributed by atoms with Crippen molar-refractivity contribution < 1.29 is 9.53 Å². The van der Waals surface area contributed by atoms with Crippen LogP contribution in [0.1, 0.15) is 40.0 Å². The van der Waals surface area contributed by atoms with Gasteiger partial charge in [0.25, 0.3) is 0 Å². The number of ether oxygens (including phenoxy) is 1. The molecule has 0 aromatic heterocycles. The van der Waals surface area contributed by atoms with E-state index in [1.165, 1.54) is 0 Å². The minimum Gasteiger partial charge on any atom is -0.374 e. The highest BCUT2D eigenvalue weighted by molar-refractivity contribution is 6.83. The van der Waals surface area contributed by atoms with E-state index in [0.717, 1.165) is 12.8 Å². The number of fused-ring (bicyclic) bond motifs is 1. The van der Waals surface area contributed by atoms with Gasteiger partial charge in [-0.15, -0.1) is 5.54 Å². The first-order valence-electron chi connectivity index (χ1n) is 8.25. The summed E-state index contributed by atoms with van der Waals surface area (Å²) in [7, 11) is 0.240. The lowest BCUT2D eigenvalue weighted by Crippen LogP contribution is -2.50. The van der Waals surface area contributed by atoms with E-state index in [1.807, 2.05) is 0 Å². The molecule has 0 radical (unpaired) electrons. The van der Waals surface area contributed by atoms with Crippen molar-refractivity contribution in [1.29, 1.82) is 0 Å². The molecule has 3 atom stereocenters. The van der Waals surface area contributed by atoms with Crippen LogP contribution in [0.15, 0.2) is 12.2 Å². The average Bonchev–Trinajstić information content (AvgIpc) is 2.35. The second kappa shape index (κ2) is 5.35. The third-order valence-corrected chi connectivity index (χ3v) is 5.88. The molecule has 0 heterocycles. The van der Waals surface area contributed by atoms with Crippen molar-refractivity contribution >= 4 is 13.9 Å². The first kappa shape index (κ1) is 17.5. The molecule has 1 saturated carbocycles. The van der Waals surface area contributed by atoms with Crippen molar-refractivity contribution in [2.24, 2.45) is 16.7 Å². The molecule has 0 aromatic carbocycles. The fraction of sp³-hybridized carbons (Fsp3) is 0.737. The topological polar surface area (TPSA) is 26.3 Å². The number of ketones is 1. The molecule has 2 unspecified atom stereocenters. The molecule has 0 spiro atoms.